The van der Waals surface area contributed by atoms with Gasteiger partial charge in [0.25, 0.3) is 0 Å². The van der Waals surface area contributed by atoms with Crippen LogP contribution in [0.4, 0.5) is 5.82 Å². The molecule has 2 unspecified atom stereocenters. The minimum atomic E-state index is -0.456. The molecule has 3 rings (SSSR count). The van der Waals surface area contributed by atoms with E-state index in [1.807, 2.05) is 32.0 Å². The first kappa shape index (κ1) is 17.7. The van der Waals surface area contributed by atoms with E-state index in [1.54, 1.807) is 6.20 Å². The van der Waals surface area contributed by atoms with E-state index in [2.05, 4.69) is 22.1 Å². The maximum absolute atomic E-state index is 12.8. The van der Waals surface area contributed by atoms with Crippen molar-refractivity contribution in [2.24, 2.45) is 10.9 Å². The van der Waals surface area contributed by atoms with Crippen LogP contribution >= 0.6 is 11.6 Å². The molecule has 1 N–H and O–H groups in total. The molecule has 6 heteroatoms. The first-order chi connectivity index (χ1) is 12.1. The molecule has 5 nitrogen and oxygen atoms in total. The van der Waals surface area contributed by atoms with Crippen molar-refractivity contribution in [3.05, 3.63) is 46.1 Å². The molecule has 0 bridgehead atoms. The molecule has 1 aliphatic heterocycles. The standard InChI is InChI=1S/C19H22ClN3O2/c1-4-7-15-17(19(24)25-5-2)16(13-10-21-23-18(13)22-15)12-8-6-9-14(20)11(12)3/h6,8-10,16-17H,4-5,7H2,1-3H3,(H,21,23). The summed E-state index contributed by atoms with van der Waals surface area (Å²) >= 11 is 6.35. The number of nitrogens with one attached hydrogen (secondary N) is 1. The number of ether oxygens (including phenoxy) is 1. The molecule has 1 aromatic carbocycles. The van der Waals surface area contributed by atoms with Gasteiger partial charge in [-0.25, -0.2) is 4.99 Å². The van der Waals surface area contributed by atoms with Crippen LogP contribution in [0.2, 0.25) is 5.02 Å². The zero-order chi connectivity index (χ0) is 18.0. The summed E-state index contributed by atoms with van der Waals surface area (Å²) in [7, 11) is 0. The number of nitrogens with zero attached hydrogens (tertiary/aromatic N) is 2. The second-order valence-electron chi connectivity index (χ2n) is 6.19. The fourth-order valence-electron chi connectivity index (χ4n) is 3.47. The Kier molecular flexibility index (Phi) is 5.23. The first-order valence-electron chi connectivity index (χ1n) is 8.60. The number of hydrogen-bond donors (Lipinski definition) is 1. The maximum atomic E-state index is 12.8. The summed E-state index contributed by atoms with van der Waals surface area (Å²) in [6, 6.07) is 5.79. The third-order valence-corrected chi connectivity index (χ3v) is 5.03. The number of aromatic amines is 1. The van der Waals surface area contributed by atoms with Gasteiger partial charge in [-0.1, -0.05) is 37.1 Å². The van der Waals surface area contributed by atoms with Crippen molar-refractivity contribution >= 4 is 29.1 Å². The summed E-state index contributed by atoms with van der Waals surface area (Å²) in [5.74, 6) is -0.188. The van der Waals surface area contributed by atoms with Crippen molar-refractivity contribution in [2.75, 3.05) is 6.61 Å². The van der Waals surface area contributed by atoms with E-state index in [9.17, 15) is 4.79 Å². The zero-order valence-corrected chi connectivity index (χ0v) is 15.4. The Morgan fingerprint density at radius 1 is 1.32 bits per heavy atom. The highest BCUT2D eigenvalue weighted by molar-refractivity contribution is 6.31. The molecule has 2 atom stereocenters. The SMILES string of the molecule is CCCC1=Nc2[nH]ncc2C(c2cccc(Cl)c2C)C1C(=O)OCC. The van der Waals surface area contributed by atoms with Gasteiger partial charge in [0, 0.05) is 22.2 Å². The third kappa shape index (κ3) is 3.21. The Labute approximate surface area is 152 Å². The summed E-state index contributed by atoms with van der Waals surface area (Å²) in [6.07, 6.45) is 3.39. The second kappa shape index (κ2) is 7.40. The Morgan fingerprint density at radius 3 is 2.84 bits per heavy atom. The Hall–Kier alpha value is -2.14. The maximum Gasteiger partial charge on any atom is 0.315 e. The number of carbonyl (C=O) groups excluding carboxylic acids is 1. The molecule has 0 spiro atoms. The van der Waals surface area contributed by atoms with Gasteiger partial charge in [0.2, 0.25) is 0 Å². The Morgan fingerprint density at radius 2 is 2.12 bits per heavy atom. The highest BCUT2D eigenvalue weighted by Crippen LogP contribution is 2.44. The highest BCUT2D eigenvalue weighted by Gasteiger charge is 2.41. The summed E-state index contributed by atoms with van der Waals surface area (Å²) < 4.78 is 5.39. The van der Waals surface area contributed by atoms with Gasteiger partial charge in [-0.05, 0) is 37.5 Å². The average molecular weight is 360 g/mol. The lowest BCUT2D eigenvalue weighted by Crippen LogP contribution is -2.34. The number of benzene rings is 1. The number of aromatic nitrogens is 2. The van der Waals surface area contributed by atoms with Gasteiger partial charge < -0.3 is 4.74 Å². The van der Waals surface area contributed by atoms with Gasteiger partial charge >= 0.3 is 5.97 Å². The molecule has 0 aliphatic carbocycles. The lowest BCUT2D eigenvalue weighted by molar-refractivity contribution is -0.146. The number of rotatable bonds is 5. The van der Waals surface area contributed by atoms with Crippen molar-refractivity contribution < 1.29 is 9.53 Å². The number of carbonyl (C=O) groups is 1. The minimum Gasteiger partial charge on any atom is -0.465 e. The van der Waals surface area contributed by atoms with Crippen molar-refractivity contribution in [2.45, 2.75) is 39.5 Å². The third-order valence-electron chi connectivity index (χ3n) is 4.62. The molecule has 0 fully saturated rings. The molecular formula is C19H22ClN3O2. The number of aliphatic imine (C=N–C) groups is 1. The van der Waals surface area contributed by atoms with Gasteiger partial charge in [-0.2, -0.15) is 5.10 Å². The van der Waals surface area contributed by atoms with Gasteiger partial charge in [0.1, 0.15) is 5.92 Å². The van der Waals surface area contributed by atoms with Crippen LogP contribution in [0, 0.1) is 12.8 Å². The smallest absolute Gasteiger partial charge is 0.315 e. The fraction of sp³-hybridized carbons (Fsp3) is 0.421. The molecule has 0 saturated carbocycles. The predicted molar refractivity (Wildman–Crippen MR) is 98.7 cm³/mol. The normalized spacial score (nSPS) is 19.3. The van der Waals surface area contributed by atoms with E-state index in [4.69, 9.17) is 16.3 Å². The molecular weight excluding hydrogens is 338 g/mol. The number of halogens is 1. The quantitative estimate of drug-likeness (QED) is 0.795. The van der Waals surface area contributed by atoms with E-state index in [0.29, 0.717) is 17.4 Å². The molecule has 132 valence electrons. The fourth-order valence-corrected chi connectivity index (χ4v) is 3.65. The van der Waals surface area contributed by atoms with E-state index in [1.165, 1.54) is 0 Å². The van der Waals surface area contributed by atoms with Crippen LogP contribution < -0.4 is 0 Å². The molecule has 0 radical (unpaired) electrons. The molecule has 0 saturated heterocycles. The van der Waals surface area contributed by atoms with Crippen LogP contribution in [0.25, 0.3) is 0 Å². The van der Waals surface area contributed by atoms with Gasteiger partial charge in [0.05, 0.1) is 12.8 Å². The summed E-state index contributed by atoms with van der Waals surface area (Å²) in [5.41, 5.74) is 3.72. The number of H-pyrrole nitrogens is 1. The van der Waals surface area contributed by atoms with Gasteiger partial charge in [0.15, 0.2) is 5.82 Å². The zero-order valence-electron chi connectivity index (χ0n) is 14.7. The largest absolute Gasteiger partial charge is 0.465 e. The van der Waals surface area contributed by atoms with Crippen LogP contribution in [0.3, 0.4) is 0 Å². The van der Waals surface area contributed by atoms with E-state index in [-0.39, 0.29) is 11.9 Å². The Balaban J connectivity index is 2.19. The van der Waals surface area contributed by atoms with Crippen LogP contribution in [0.1, 0.15) is 49.3 Å². The highest BCUT2D eigenvalue weighted by atomic mass is 35.5. The van der Waals surface area contributed by atoms with Crippen LogP contribution in [0.15, 0.2) is 29.4 Å². The first-order valence-corrected chi connectivity index (χ1v) is 8.98. The number of hydrogen-bond acceptors (Lipinski definition) is 4. The summed E-state index contributed by atoms with van der Waals surface area (Å²) in [4.78, 5) is 17.5. The summed E-state index contributed by atoms with van der Waals surface area (Å²) in [5, 5.41) is 7.78. The lowest BCUT2D eigenvalue weighted by Gasteiger charge is -2.31. The average Bonchev–Trinajstić information content (AvgIpc) is 3.05. The van der Waals surface area contributed by atoms with E-state index >= 15 is 0 Å². The molecule has 0 amide bonds. The van der Waals surface area contributed by atoms with Crippen LogP contribution in [-0.2, 0) is 9.53 Å². The van der Waals surface area contributed by atoms with Gasteiger partial charge in [-0.3, -0.25) is 9.89 Å². The molecule has 2 heterocycles. The van der Waals surface area contributed by atoms with Gasteiger partial charge in [-0.15, -0.1) is 0 Å². The van der Waals surface area contributed by atoms with E-state index in [0.717, 1.165) is 35.2 Å². The monoisotopic (exact) mass is 359 g/mol. The van der Waals surface area contributed by atoms with Crippen LogP contribution in [-0.4, -0.2) is 28.5 Å². The summed E-state index contributed by atoms with van der Waals surface area (Å²) in [6.45, 7) is 6.21. The molecule has 1 aliphatic rings. The van der Waals surface area contributed by atoms with Crippen molar-refractivity contribution in [3.8, 4) is 0 Å². The second-order valence-corrected chi connectivity index (χ2v) is 6.60. The molecule has 25 heavy (non-hydrogen) atoms. The molecule has 2 aromatic rings. The van der Waals surface area contributed by atoms with Crippen LogP contribution in [0.5, 0.6) is 0 Å². The number of esters is 1. The lowest BCUT2D eigenvalue weighted by atomic mass is 9.75. The number of fused-ring (bicyclic) bond motifs is 1. The Bertz CT molecular complexity index is 813. The van der Waals surface area contributed by atoms with Crippen molar-refractivity contribution in [3.63, 3.8) is 0 Å². The topological polar surface area (TPSA) is 67.3 Å². The van der Waals surface area contributed by atoms with E-state index < -0.39 is 5.92 Å². The minimum absolute atomic E-state index is 0.203. The predicted octanol–water partition coefficient (Wildman–Crippen LogP) is 4.57. The van der Waals surface area contributed by atoms with Crippen molar-refractivity contribution in [1.29, 1.82) is 0 Å². The molecule has 1 aromatic heterocycles. The van der Waals surface area contributed by atoms with Crippen molar-refractivity contribution in [1.82, 2.24) is 10.2 Å².